The van der Waals surface area contributed by atoms with Gasteiger partial charge in [0.05, 0.1) is 10.2 Å². The second kappa shape index (κ2) is 9.46. The fourth-order valence-electron chi connectivity index (χ4n) is 3.18. The summed E-state index contributed by atoms with van der Waals surface area (Å²) in [5.41, 5.74) is 6.10. The molecule has 0 aliphatic rings. The Morgan fingerprint density at radius 1 is 1.00 bits per heavy atom. The number of nitrogens with one attached hydrogen (secondary N) is 2. The summed E-state index contributed by atoms with van der Waals surface area (Å²) in [6, 6.07) is 20.0. The van der Waals surface area contributed by atoms with Crippen molar-refractivity contribution in [2.75, 3.05) is 11.9 Å². The number of fused-ring (bicyclic) bond motifs is 1. The molecule has 1 aromatic heterocycles. The van der Waals surface area contributed by atoms with Crippen molar-refractivity contribution >= 4 is 50.5 Å². The maximum Gasteiger partial charge on any atom is 0.264 e. The molecule has 32 heavy (non-hydrogen) atoms. The van der Waals surface area contributed by atoms with E-state index >= 15 is 0 Å². The number of aromatic nitrogens is 1. The van der Waals surface area contributed by atoms with Crippen molar-refractivity contribution < 1.29 is 9.53 Å². The third-order valence-electron chi connectivity index (χ3n) is 4.89. The molecule has 0 radical (unpaired) electrons. The monoisotopic (exact) mass is 461 g/mol. The number of amides is 1. The number of thiazole rings is 1. The molecule has 5 nitrogen and oxygen atoms in total. The lowest BCUT2D eigenvalue weighted by molar-refractivity contribution is -0.121. The van der Waals surface area contributed by atoms with Gasteiger partial charge in [0.2, 0.25) is 0 Å². The second-order valence-corrected chi connectivity index (χ2v) is 9.07. The molecule has 4 rings (SSSR count). The van der Waals surface area contributed by atoms with Gasteiger partial charge in [0.1, 0.15) is 10.8 Å². The summed E-state index contributed by atoms with van der Waals surface area (Å²) in [6.07, 6.45) is 0. The number of nitrogens with zero attached hydrogens (tertiary/aromatic N) is 1. The van der Waals surface area contributed by atoms with E-state index in [0.29, 0.717) is 5.75 Å². The molecule has 3 aromatic carbocycles. The van der Waals surface area contributed by atoms with Crippen molar-refractivity contribution in [1.82, 2.24) is 10.3 Å². The SMILES string of the molecule is Cc1ccc(C)c(OCC(=O)NC(=S)Nc2ccc(-c3nc4ccc(C)cc4s3)cc2)c1. The lowest BCUT2D eigenvalue weighted by atomic mass is 10.1. The van der Waals surface area contributed by atoms with Crippen LogP contribution in [0.2, 0.25) is 0 Å². The molecule has 7 heteroatoms. The normalized spacial score (nSPS) is 10.7. The highest BCUT2D eigenvalue weighted by atomic mass is 32.1. The summed E-state index contributed by atoms with van der Waals surface area (Å²) in [6.45, 7) is 5.89. The zero-order valence-corrected chi connectivity index (χ0v) is 19.7. The maximum atomic E-state index is 12.2. The van der Waals surface area contributed by atoms with Crippen LogP contribution in [0.25, 0.3) is 20.8 Å². The topological polar surface area (TPSA) is 63.2 Å². The van der Waals surface area contributed by atoms with E-state index in [1.54, 1.807) is 11.3 Å². The highest BCUT2D eigenvalue weighted by Gasteiger charge is 2.09. The van der Waals surface area contributed by atoms with Crippen LogP contribution in [0.15, 0.2) is 60.7 Å². The van der Waals surface area contributed by atoms with Crippen LogP contribution in [0, 0.1) is 20.8 Å². The number of anilines is 1. The Bertz CT molecular complexity index is 1300. The fraction of sp³-hybridized carbons (Fsp3) is 0.160. The first-order chi connectivity index (χ1) is 15.4. The molecule has 0 bridgehead atoms. The van der Waals surface area contributed by atoms with Gasteiger partial charge >= 0.3 is 0 Å². The van der Waals surface area contributed by atoms with Crippen LogP contribution in [-0.2, 0) is 4.79 Å². The van der Waals surface area contributed by atoms with Crippen molar-refractivity contribution in [3.8, 4) is 16.3 Å². The van der Waals surface area contributed by atoms with Gasteiger partial charge in [0, 0.05) is 11.3 Å². The van der Waals surface area contributed by atoms with Crippen molar-refractivity contribution in [2.24, 2.45) is 0 Å². The summed E-state index contributed by atoms with van der Waals surface area (Å²) in [5.74, 6) is 0.379. The number of carbonyl (C=O) groups excluding carboxylic acids is 1. The Hall–Kier alpha value is -3.29. The highest BCUT2D eigenvalue weighted by molar-refractivity contribution is 7.80. The Morgan fingerprint density at radius 3 is 2.50 bits per heavy atom. The molecule has 0 unspecified atom stereocenters. The zero-order chi connectivity index (χ0) is 22.7. The van der Waals surface area contributed by atoms with Gasteiger partial charge in [0.25, 0.3) is 5.91 Å². The quantitative estimate of drug-likeness (QED) is 0.369. The van der Waals surface area contributed by atoms with E-state index in [9.17, 15) is 4.79 Å². The fourth-order valence-corrected chi connectivity index (χ4v) is 4.48. The molecule has 0 saturated carbocycles. The molecule has 1 heterocycles. The summed E-state index contributed by atoms with van der Waals surface area (Å²) >= 11 is 6.93. The van der Waals surface area contributed by atoms with E-state index in [2.05, 4.69) is 29.7 Å². The van der Waals surface area contributed by atoms with E-state index in [1.807, 2.05) is 62.4 Å². The lowest BCUT2D eigenvalue weighted by Gasteiger charge is -2.12. The molecule has 1 amide bonds. The molecule has 0 aliphatic carbocycles. The number of rotatable bonds is 5. The molecule has 2 N–H and O–H groups in total. The predicted molar refractivity (Wildman–Crippen MR) is 136 cm³/mol. The average Bonchev–Trinajstić information content (AvgIpc) is 3.18. The standard InChI is InChI=1S/C25H23N3O2S2/c1-15-4-6-17(3)21(12-15)30-14-23(29)28-25(31)26-19-9-7-18(8-10-19)24-27-20-11-5-16(2)13-22(20)32-24/h4-13H,14H2,1-3H3,(H2,26,28,29,31). The minimum atomic E-state index is -0.315. The van der Waals surface area contributed by atoms with Crippen molar-refractivity contribution in [3.05, 3.63) is 77.4 Å². The molecule has 0 saturated heterocycles. The van der Waals surface area contributed by atoms with Gasteiger partial charge in [-0.15, -0.1) is 11.3 Å². The maximum absolute atomic E-state index is 12.2. The number of ether oxygens (including phenoxy) is 1. The first-order valence-corrected chi connectivity index (χ1v) is 11.4. The third kappa shape index (κ3) is 5.30. The van der Waals surface area contributed by atoms with Gasteiger partial charge in [0.15, 0.2) is 11.7 Å². The first-order valence-electron chi connectivity index (χ1n) is 10.2. The summed E-state index contributed by atoms with van der Waals surface area (Å²) in [5, 5.41) is 6.87. The van der Waals surface area contributed by atoms with Crippen LogP contribution in [0.4, 0.5) is 5.69 Å². The van der Waals surface area contributed by atoms with Gasteiger partial charge in [-0.3, -0.25) is 10.1 Å². The molecule has 162 valence electrons. The number of hydrogen-bond donors (Lipinski definition) is 2. The van der Waals surface area contributed by atoms with Crippen LogP contribution in [0.3, 0.4) is 0 Å². The van der Waals surface area contributed by atoms with Gasteiger partial charge in [-0.05, 0) is 92.1 Å². The summed E-state index contributed by atoms with van der Waals surface area (Å²) in [7, 11) is 0. The number of benzene rings is 3. The largest absolute Gasteiger partial charge is 0.483 e. The van der Waals surface area contributed by atoms with E-state index < -0.39 is 0 Å². The minimum Gasteiger partial charge on any atom is -0.483 e. The smallest absolute Gasteiger partial charge is 0.264 e. The molecule has 0 spiro atoms. The number of carbonyl (C=O) groups is 1. The van der Waals surface area contributed by atoms with Crippen molar-refractivity contribution in [1.29, 1.82) is 0 Å². The van der Waals surface area contributed by atoms with Crippen LogP contribution in [0.5, 0.6) is 5.75 Å². The van der Waals surface area contributed by atoms with Gasteiger partial charge in [-0.2, -0.15) is 0 Å². The molecule has 0 atom stereocenters. The number of thiocarbonyl (C=S) groups is 1. The summed E-state index contributed by atoms with van der Waals surface area (Å²) < 4.78 is 6.80. The van der Waals surface area contributed by atoms with E-state index in [1.165, 1.54) is 10.3 Å². The number of aryl methyl sites for hydroxylation is 3. The molecule has 0 aliphatic heterocycles. The minimum absolute atomic E-state index is 0.109. The Morgan fingerprint density at radius 2 is 1.72 bits per heavy atom. The predicted octanol–water partition coefficient (Wildman–Crippen LogP) is 5.78. The average molecular weight is 462 g/mol. The van der Waals surface area contributed by atoms with E-state index in [0.717, 1.165) is 32.9 Å². The molecule has 4 aromatic rings. The van der Waals surface area contributed by atoms with Crippen molar-refractivity contribution in [3.63, 3.8) is 0 Å². The molecule has 0 fully saturated rings. The van der Waals surface area contributed by atoms with Crippen LogP contribution in [-0.4, -0.2) is 22.6 Å². The zero-order valence-electron chi connectivity index (χ0n) is 18.1. The van der Waals surface area contributed by atoms with E-state index in [-0.39, 0.29) is 17.6 Å². The first kappa shape index (κ1) is 21.9. The Labute approximate surface area is 196 Å². The van der Waals surface area contributed by atoms with Crippen LogP contribution < -0.4 is 15.4 Å². The Balaban J connectivity index is 1.33. The third-order valence-corrected chi connectivity index (χ3v) is 6.16. The summed E-state index contributed by atoms with van der Waals surface area (Å²) in [4.78, 5) is 16.9. The van der Waals surface area contributed by atoms with Crippen molar-refractivity contribution in [2.45, 2.75) is 20.8 Å². The van der Waals surface area contributed by atoms with E-state index in [4.69, 9.17) is 21.9 Å². The number of hydrogen-bond acceptors (Lipinski definition) is 5. The second-order valence-electron chi connectivity index (χ2n) is 7.63. The lowest BCUT2D eigenvalue weighted by Crippen LogP contribution is -2.37. The molecular weight excluding hydrogens is 438 g/mol. The van der Waals surface area contributed by atoms with Gasteiger partial charge < -0.3 is 10.1 Å². The van der Waals surface area contributed by atoms with Gasteiger partial charge in [-0.1, -0.05) is 18.2 Å². The highest BCUT2D eigenvalue weighted by Crippen LogP contribution is 2.31. The van der Waals surface area contributed by atoms with Crippen LogP contribution in [0.1, 0.15) is 16.7 Å². The molecular formula is C25H23N3O2S2. The Kier molecular flexibility index (Phi) is 6.48. The van der Waals surface area contributed by atoms with Gasteiger partial charge in [-0.25, -0.2) is 4.98 Å². The van der Waals surface area contributed by atoms with Crippen LogP contribution >= 0.6 is 23.6 Å².